The summed E-state index contributed by atoms with van der Waals surface area (Å²) in [4.78, 5) is 0. The van der Waals surface area contributed by atoms with Crippen LogP contribution in [0.15, 0.2) is 18.2 Å². The van der Waals surface area contributed by atoms with E-state index >= 15 is 0 Å². The number of hydrogen-bond acceptors (Lipinski definition) is 3. The summed E-state index contributed by atoms with van der Waals surface area (Å²) in [6.07, 6.45) is 0. The maximum absolute atomic E-state index is 13.5. The Bertz CT molecular complexity index is 388. The molecule has 0 unspecified atom stereocenters. The monoisotopic (exact) mass is 269 g/mol. The summed E-state index contributed by atoms with van der Waals surface area (Å²) in [6.45, 7) is 10.4. The molecule has 1 rings (SSSR count). The van der Waals surface area contributed by atoms with Crippen molar-refractivity contribution in [3.8, 4) is 5.75 Å². The second-order valence-corrected chi connectivity index (χ2v) is 5.44. The first-order valence-electron chi connectivity index (χ1n) is 6.66. The molecule has 0 fully saturated rings. The van der Waals surface area contributed by atoms with Crippen LogP contribution < -0.4 is 10.1 Å². The molecule has 0 spiro atoms. The van der Waals surface area contributed by atoms with Crippen LogP contribution in [0.1, 0.15) is 33.3 Å². The Morgan fingerprint density at radius 3 is 2.53 bits per heavy atom. The Kier molecular flexibility index (Phi) is 6.25. The SMILES string of the molecule is CCOCCOc1cc(F)cc(CNC(C)(C)C)c1. The van der Waals surface area contributed by atoms with Gasteiger partial charge in [-0.25, -0.2) is 4.39 Å². The molecule has 0 bridgehead atoms. The molecule has 1 N–H and O–H groups in total. The van der Waals surface area contributed by atoms with Crippen molar-refractivity contribution in [2.45, 2.75) is 39.8 Å². The van der Waals surface area contributed by atoms with Crippen LogP contribution in [0.2, 0.25) is 0 Å². The van der Waals surface area contributed by atoms with Gasteiger partial charge in [-0.15, -0.1) is 0 Å². The topological polar surface area (TPSA) is 30.5 Å². The van der Waals surface area contributed by atoms with Gasteiger partial charge < -0.3 is 14.8 Å². The Morgan fingerprint density at radius 1 is 1.16 bits per heavy atom. The van der Waals surface area contributed by atoms with Gasteiger partial charge in [-0.3, -0.25) is 0 Å². The molecule has 108 valence electrons. The number of benzene rings is 1. The standard InChI is InChI=1S/C15H24FNO2/c1-5-18-6-7-19-14-9-12(8-13(16)10-14)11-17-15(2,3)4/h8-10,17H,5-7,11H2,1-4H3. The van der Waals surface area contributed by atoms with E-state index < -0.39 is 0 Å². The number of nitrogens with one attached hydrogen (secondary N) is 1. The van der Waals surface area contributed by atoms with Crippen LogP contribution in [0.25, 0.3) is 0 Å². The van der Waals surface area contributed by atoms with Crippen molar-refractivity contribution in [2.75, 3.05) is 19.8 Å². The molecule has 0 aromatic heterocycles. The first kappa shape index (κ1) is 15.9. The van der Waals surface area contributed by atoms with Gasteiger partial charge in [-0.05, 0) is 45.4 Å². The van der Waals surface area contributed by atoms with Crippen molar-refractivity contribution in [1.29, 1.82) is 0 Å². The van der Waals surface area contributed by atoms with E-state index in [4.69, 9.17) is 9.47 Å². The van der Waals surface area contributed by atoms with Crippen molar-refractivity contribution >= 4 is 0 Å². The Labute approximate surface area is 115 Å². The molecule has 0 heterocycles. The second kappa shape index (κ2) is 7.46. The number of rotatable bonds is 7. The van der Waals surface area contributed by atoms with Crippen LogP contribution in [0, 0.1) is 5.82 Å². The molecule has 4 heteroatoms. The highest BCUT2D eigenvalue weighted by Gasteiger charge is 2.09. The number of hydrogen-bond donors (Lipinski definition) is 1. The van der Waals surface area contributed by atoms with Crippen molar-refractivity contribution in [3.05, 3.63) is 29.6 Å². The fourth-order valence-corrected chi connectivity index (χ4v) is 1.54. The average Bonchev–Trinajstić information content (AvgIpc) is 2.31. The van der Waals surface area contributed by atoms with Gasteiger partial charge in [-0.2, -0.15) is 0 Å². The molecule has 19 heavy (non-hydrogen) atoms. The third-order valence-corrected chi connectivity index (χ3v) is 2.45. The summed E-state index contributed by atoms with van der Waals surface area (Å²) in [5.74, 6) is 0.269. The summed E-state index contributed by atoms with van der Waals surface area (Å²) in [5.41, 5.74) is 0.879. The zero-order valence-electron chi connectivity index (χ0n) is 12.3. The quantitative estimate of drug-likeness (QED) is 0.771. The molecule has 0 saturated heterocycles. The van der Waals surface area contributed by atoms with Crippen LogP contribution in [0.3, 0.4) is 0 Å². The van der Waals surface area contributed by atoms with E-state index in [0.29, 0.717) is 32.1 Å². The first-order valence-corrected chi connectivity index (χ1v) is 6.66. The Balaban J connectivity index is 2.56. The van der Waals surface area contributed by atoms with E-state index in [2.05, 4.69) is 26.1 Å². The largest absolute Gasteiger partial charge is 0.491 e. The summed E-state index contributed by atoms with van der Waals surface area (Å²) in [6, 6.07) is 4.77. The zero-order valence-corrected chi connectivity index (χ0v) is 12.3. The lowest BCUT2D eigenvalue weighted by molar-refractivity contribution is 0.110. The fraction of sp³-hybridized carbons (Fsp3) is 0.600. The van der Waals surface area contributed by atoms with E-state index in [-0.39, 0.29) is 11.4 Å². The normalized spacial score (nSPS) is 11.6. The molecule has 0 atom stereocenters. The summed E-state index contributed by atoms with van der Waals surface area (Å²) in [7, 11) is 0. The third-order valence-electron chi connectivity index (χ3n) is 2.45. The fourth-order valence-electron chi connectivity index (χ4n) is 1.54. The molecule has 0 aliphatic heterocycles. The van der Waals surface area contributed by atoms with Gasteiger partial charge in [0.05, 0.1) is 6.61 Å². The number of halogens is 1. The van der Waals surface area contributed by atoms with Crippen LogP contribution >= 0.6 is 0 Å². The lowest BCUT2D eigenvalue weighted by atomic mass is 10.1. The highest BCUT2D eigenvalue weighted by atomic mass is 19.1. The van der Waals surface area contributed by atoms with Gasteiger partial charge in [0.15, 0.2) is 0 Å². The van der Waals surface area contributed by atoms with Crippen molar-refractivity contribution in [1.82, 2.24) is 5.32 Å². The number of ether oxygens (including phenoxy) is 2. The highest BCUT2D eigenvalue weighted by molar-refractivity contribution is 5.29. The smallest absolute Gasteiger partial charge is 0.127 e. The van der Waals surface area contributed by atoms with Crippen LogP contribution in [-0.2, 0) is 11.3 Å². The van der Waals surface area contributed by atoms with Gasteiger partial charge in [-0.1, -0.05) is 0 Å². The Hall–Kier alpha value is -1.13. The van der Waals surface area contributed by atoms with E-state index in [1.807, 2.05) is 13.0 Å². The predicted octanol–water partition coefficient (Wildman–Crippen LogP) is 3.13. The molecule has 1 aromatic carbocycles. The van der Waals surface area contributed by atoms with Crippen molar-refractivity contribution in [2.24, 2.45) is 0 Å². The second-order valence-electron chi connectivity index (χ2n) is 5.44. The van der Waals surface area contributed by atoms with E-state index in [1.54, 1.807) is 0 Å². The summed E-state index contributed by atoms with van der Waals surface area (Å²) in [5, 5.41) is 3.32. The van der Waals surface area contributed by atoms with E-state index in [1.165, 1.54) is 12.1 Å². The van der Waals surface area contributed by atoms with E-state index in [0.717, 1.165) is 5.56 Å². The van der Waals surface area contributed by atoms with Crippen molar-refractivity contribution in [3.63, 3.8) is 0 Å². The van der Waals surface area contributed by atoms with Gasteiger partial charge in [0.1, 0.15) is 18.2 Å². The summed E-state index contributed by atoms with van der Waals surface area (Å²) < 4.78 is 24.1. The van der Waals surface area contributed by atoms with Gasteiger partial charge in [0, 0.05) is 24.8 Å². The first-order chi connectivity index (χ1) is 8.90. The highest BCUT2D eigenvalue weighted by Crippen LogP contribution is 2.17. The van der Waals surface area contributed by atoms with Gasteiger partial charge in [0.25, 0.3) is 0 Å². The minimum atomic E-state index is -0.278. The Morgan fingerprint density at radius 2 is 1.89 bits per heavy atom. The minimum absolute atomic E-state index is 0.00229. The summed E-state index contributed by atoms with van der Waals surface area (Å²) >= 11 is 0. The molecule has 0 amide bonds. The van der Waals surface area contributed by atoms with Gasteiger partial charge in [0.2, 0.25) is 0 Å². The molecular formula is C15H24FNO2. The van der Waals surface area contributed by atoms with Gasteiger partial charge >= 0.3 is 0 Å². The van der Waals surface area contributed by atoms with Crippen LogP contribution in [0.4, 0.5) is 4.39 Å². The molecule has 0 radical (unpaired) electrons. The van der Waals surface area contributed by atoms with Crippen molar-refractivity contribution < 1.29 is 13.9 Å². The average molecular weight is 269 g/mol. The molecule has 0 aliphatic rings. The molecule has 0 saturated carbocycles. The predicted molar refractivity (Wildman–Crippen MR) is 75.0 cm³/mol. The van der Waals surface area contributed by atoms with E-state index in [9.17, 15) is 4.39 Å². The molecule has 3 nitrogen and oxygen atoms in total. The maximum atomic E-state index is 13.5. The third kappa shape index (κ3) is 7.13. The van der Waals surface area contributed by atoms with Crippen LogP contribution in [-0.4, -0.2) is 25.4 Å². The lowest BCUT2D eigenvalue weighted by Crippen LogP contribution is -2.35. The maximum Gasteiger partial charge on any atom is 0.127 e. The minimum Gasteiger partial charge on any atom is -0.491 e. The molecular weight excluding hydrogens is 245 g/mol. The lowest BCUT2D eigenvalue weighted by Gasteiger charge is -2.20. The van der Waals surface area contributed by atoms with Crippen LogP contribution in [0.5, 0.6) is 5.75 Å². The zero-order chi connectivity index (χ0) is 14.3. The molecule has 1 aromatic rings. The molecule has 0 aliphatic carbocycles.